The lowest BCUT2D eigenvalue weighted by molar-refractivity contribution is -0.451. The van der Waals surface area contributed by atoms with E-state index in [1.807, 2.05) is 0 Å². The quantitative estimate of drug-likeness (QED) is 0.224. The lowest BCUT2D eigenvalue weighted by atomic mass is 9.90. The largest absolute Gasteiger partial charge is 0.478 e. The standard InChI is InChI=1S/C17H7F17O5/c18-6(7(19)39-10(9(37)38)3-1-5(2-4-10)8(35)36)11(20,21)12(22,23)13(24,25)14(26,27)15(28,29)16(30,31)17(32,33)34/h1-3H,4H2,(H,35,36)(H,37,38). The number of carbonyl (C=O) groups is 2. The average molecular weight is 614 g/mol. The van der Waals surface area contributed by atoms with Crippen molar-refractivity contribution in [2.24, 2.45) is 0 Å². The molecule has 1 unspecified atom stereocenters. The third-order valence-electron chi connectivity index (χ3n) is 4.81. The van der Waals surface area contributed by atoms with Crippen LogP contribution in [0.3, 0.4) is 0 Å². The van der Waals surface area contributed by atoms with Crippen molar-refractivity contribution in [3.63, 3.8) is 0 Å². The molecule has 0 spiro atoms. The van der Waals surface area contributed by atoms with Crippen molar-refractivity contribution in [2.75, 3.05) is 0 Å². The number of carboxylic acid groups (broad SMARTS) is 2. The molecular formula is C17H7F17O5. The number of rotatable bonds is 10. The first-order valence-electron chi connectivity index (χ1n) is 8.94. The van der Waals surface area contributed by atoms with E-state index in [1.54, 1.807) is 0 Å². The van der Waals surface area contributed by atoms with E-state index >= 15 is 0 Å². The summed E-state index contributed by atoms with van der Waals surface area (Å²) in [5.74, 6) is -59.8. The Hall–Kier alpha value is -3.23. The van der Waals surface area contributed by atoms with Crippen LogP contribution in [-0.4, -0.2) is 69.5 Å². The van der Waals surface area contributed by atoms with Gasteiger partial charge in [0.15, 0.2) is 0 Å². The Morgan fingerprint density at radius 3 is 1.46 bits per heavy atom. The SMILES string of the molecule is O=C(O)C1=CCC(OC(F)=C(F)C(F)(F)C(F)(F)C(F)(F)C(F)(F)C(F)(F)C(F)(F)C(F)(F)F)(C(=O)O)C=C1. The molecule has 39 heavy (non-hydrogen) atoms. The first kappa shape index (κ1) is 33.8. The summed E-state index contributed by atoms with van der Waals surface area (Å²) in [6.45, 7) is 0. The van der Waals surface area contributed by atoms with Crippen molar-refractivity contribution in [3.8, 4) is 0 Å². The van der Waals surface area contributed by atoms with Crippen molar-refractivity contribution in [1.29, 1.82) is 0 Å². The summed E-state index contributed by atoms with van der Waals surface area (Å²) in [4.78, 5) is 22.0. The van der Waals surface area contributed by atoms with Gasteiger partial charge in [-0.2, -0.15) is 74.6 Å². The predicted octanol–water partition coefficient (Wildman–Crippen LogP) is 6.28. The van der Waals surface area contributed by atoms with E-state index in [2.05, 4.69) is 4.74 Å². The maximum atomic E-state index is 13.9. The van der Waals surface area contributed by atoms with Crippen molar-refractivity contribution < 1.29 is 99.2 Å². The lowest BCUT2D eigenvalue weighted by Gasteiger charge is -2.41. The Bertz CT molecular complexity index is 1100. The van der Waals surface area contributed by atoms with Crippen LogP contribution in [0.4, 0.5) is 74.6 Å². The zero-order valence-corrected chi connectivity index (χ0v) is 17.5. The van der Waals surface area contributed by atoms with Gasteiger partial charge in [-0.15, -0.1) is 0 Å². The molecule has 0 amide bonds. The third-order valence-corrected chi connectivity index (χ3v) is 4.81. The lowest BCUT2D eigenvalue weighted by Crippen LogP contribution is -2.72. The minimum absolute atomic E-state index is 0.0372. The number of aliphatic carboxylic acids is 2. The Morgan fingerprint density at radius 1 is 0.718 bits per heavy atom. The molecule has 0 aromatic rings. The Balaban J connectivity index is 3.64. The van der Waals surface area contributed by atoms with Crippen LogP contribution in [0.15, 0.2) is 35.6 Å². The summed E-state index contributed by atoms with van der Waals surface area (Å²) in [6.07, 6.45) is -8.80. The number of carboxylic acids is 2. The second-order valence-electron chi connectivity index (χ2n) is 7.33. The van der Waals surface area contributed by atoms with Crippen molar-refractivity contribution in [3.05, 3.63) is 35.6 Å². The fourth-order valence-corrected chi connectivity index (χ4v) is 2.49. The zero-order chi connectivity index (χ0) is 31.4. The summed E-state index contributed by atoms with van der Waals surface area (Å²) in [5, 5.41) is 17.7. The van der Waals surface area contributed by atoms with Gasteiger partial charge in [-0.05, 0) is 12.2 Å². The minimum atomic E-state index is -8.77. The number of hydrogen-bond acceptors (Lipinski definition) is 3. The molecule has 1 rings (SSSR count). The summed E-state index contributed by atoms with van der Waals surface area (Å²) < 4.78 is 228. The van der Waals surface area contributed by atoms with E-state index in [0.29, 0.717) is 6.08 Å². The van der Waals surface area contributed by atoms with Gasteiger partial charge in [0, 0.05) is 6.42 Å². The number of allylic oxidation sites excluding steroid dienone is 1. The van der Waals surface area contributed by atoms with Gasteiger partial charge in [0.25, 0.3) is 0 Å². The molecule has 2 N–H and O–H groups in total. The summed E-state index contributed by atoms with van der Waals surface area (Å²) in [6, 6.07) is -3.94. The van der Waals surface area contributed by atoms with Gasteiger partial charge >= 0.3 is 59.7 Å². The van der Waals surface area contributed by atoms with E-state index in [4.69, 9.17) is 10.2 Å². The van der Waals surface area contributed by atoms with Crippen LogP contribution in [-0.2, 0) is 14.3 Å². The molecule has 5 nitrogen and oxygen atoms in total. The maximum Gasteiger partial charge on any atom is 0.460 e. The number of alkyl halides is 15. The molecule has 0 bridgehead atoms. The molecule has 0 saturated heterocycles. The first-order valence-corrected chi connectivity index (χ1v) is 8.94. The molecule has 0 radical (unpaired) electrons. The third kappa shape index (κ3) is 4.85. The summed E-state index contributed by atoms with van der Waals surface area (Å²) in [7, 11) is 0. The van der Waals surface area contributed by atoms with Gasteiger partial charge < -0.3 is 14.9 Å². The molecular weight excluding hydrogens is 607 g/mol. The highest BCUT2D eigenvalue weighted by atomic mass is 19.4. The zero-order valence-electron chi connectivity index (χ0n) is 17.5. The average Bonchev–Trinajstić information content (AvgIpc) is 2.77. The Morgan fingerprint density at radius 2 is 1.13 bits per heavy atom. The topological polar surface area (TPSA) is 83.8 Å². The highest BCUT2D eigenvalue weighted by Crippen LogP contribution is 2.63. The number of hydrogen-bond donors (Lipinski definition) is 2. The van der Waals surface area contributed by atoms with Crippen molar-refractivity contribution >= 4 is 11.9 Å². The normalized spacial score (nSPS) is 20.8. The molecule has 1 aliphatic rings. The Kier molecular flexibility index (Phi) is 8.19. The first-order chi connectivity index (χ1) is 17.0. The minimum Gasteiger partial charge on any atom is -0.478 e. The van der Waals surface area contributed by atoms with Crippen LogP contribution in [0.25, 0.3) is 0 Å². The van der Waals surface area contributed by atoms with E-state index in [1.165, 1.54) is 0 Å². The second-order valence-corrected chi connectivity index (χ2v) is 7.33. The summed E-state index contributed by atoms with van der Waals surface area (Å²) in [5.41, 5.74) is -4.32. The van der Waals surface area contributed by atoms with Gasteiger partial charge in [0.2, 0.25) is 11.4 Å². The number of ether oxygens (including phenoxy) is 1. The van der Waals surface area contributed by atoms with Crippen LogP contribution in [0.1, 0.15) is 6.42 Å². The van der Waals surface area contributed by atoms with Crippen LogP contribution in [0.2, 0.25) is 0 Å². The molecule has 1 atom stereocenters. The van der Waals surface area contributed by atoms with Gasteiger partial charge in [0.05, 0.1) is 5.57 Å². The van der Waals surface area contributed by atoms with Crippen LogP contribution in [0, 0.1) is 0 Å². The highest BCUT2D eigenvalue weighted by Gasteiger charge is 2.94. The molecule has 0 heterocycles. The second kappa shape index (κ2) is 9.45. The maximum absolute atomic E-state index is 13.9. The monoisotopic (exact) mass is 614 g/mol. The van der Waals surface area contributed by atoms with Crippen LogP contribution in [0.5, 0.6) is 0 Å². The summed E-state index contributed by atoms with van der Waals surface area (Å²) >= 11 is 0. The number of halogens is 17. The van der Waals surface area contributed by atoms with E-state index in [9.17, 15) is 84.2 Å². The molecule has 22 heteroatoms. The van der Waals surface area contributed by atoms with Gasteiger partial charge in [-0.1, -0.05) is 6.08 Å². The van der Waals surface area contributed by atoms with E-state index in [-0.39, 0.29) is 12.2 Å². The van der Waals surface area contributed by atoms with Crippen molar-refractivity contribution in [2.45, 2.75) is 53.7 Å². The smallest absolute Gasteiger partial charge is 0.460 e. The van der Waals surface area contributed by atoms with Crippen LogP contribution >= 0.6 is 0 Å². The highest BCUT2D eigenvalue weighted by molar-refractivity contribution is 5.92. The molecule has 0 saturated carbocycles. The van der Waals surface area contributed by atoms with Gasteiger partial charge in [0.1, 0.15) is 0 Å². The van der Waals surface area contributed by atoms with E-state index in [0.717, 1.165) is 0 Å². The van der Waals surface area contributed by atoms with E-state index < -0.39 is 83.1 Å². The molecule has 1 aliphatic carbocycles. The fourth-order valence-electron chi connectivity index (χ4n) is 2.49. The van der Waals surface area contributed by atoms with Crippen molar-refractivity contribution in [1.82, 2.24) is 0 Å². The molecule has 0 aromatic carbocycles. The predicted molar refractivity (Wildman–Crippen MR) is 85.9 cm³/mol. The van der Waals surface area contributed by atoms with Gasteiger partial charge in [-0.25, -0.2) is 9.59 Å². The van der Waals surface area contributed by atoms with Crippen LogP contribution < -0.4 is 0 Å². The molecule has 0 fully saturated rings. The van der Waals surface area contributed by atoms with Gasteiger partial charge in [-0.3, -0.25) is 0 Å². The molecule has 224 valence electrons. The Labute approximate surface area is 201 Å². The molecule has 0 aliphatic heterocycles. The molecule has 0 aromatic heterocycles. The fraction of sp³-hybridized carbons (Fsp3) is 0.529.